The second-order valence-corrected chi connectivity index (χ2v) is 6.86. The van der Waals surface area contributed by atoms with Crippen LogP contribution in [0.1, 0.15) is 11.1 Å². The van der Waals surface area contributed by atoms with E-state index in [1.54, 1.807) is 18.2 Å². The summed E-state index contributed by atoms with van der Waals surface area (Å²) in [6.07, 6.45) is 1.58. The van der Waals surface area contributed by atoms with E-state index in [-0.39, 0.29) is 22.8 Å². The molecule has 0 fully saturated rings. The van der Waals surface area contributed by atoms with Crippen LogP contribution < -0.4 is 0 Å². The number of nitrogens with zero attached hydrogens (tertiary/aromatic N) is 1. The Morgan fingerprint density at radius 3 is 2.56 bits per heavy atom. The fourth-order valence-corrected chi connectivity index (χ4v) is 3.52. The molecule has 0 saturated carbocycles. The van der Waals surface area contributed by atoms with Gasteiger partial charge in [0.2, 0.25) is 0 Å². The molecule has 0 aliphatic carbocycles. The maximum atomic E-state index is 12.2. The zero-order valence-electron chi connectivity index (χ0n) is 14.6. The number of esters is 1. The van der Waals surface area contributed by atoms with Gasteiger partial charge in [0.15, 0.2) is 11.5 Å². The molecule has 7 heteroatoms. The van der Waals surface area contributed by atoms with Crippen LogP contribution in [0.15, 0.2) is 63.7 Å². The van der Waals surface area contributed by atoms with Gasteiger partial charge in [-0.2, -0.15) is 0 Å². The first-order valence-electron chi connectivity index (χ1n) is 7.98. The summed E-state index contributed by atoms with van der Waals surface area (Å²) in [6.45, 7) is 1.93. The monoisotopic (exact) mass is 383 g/mol. The van der Waals surface area contributed by atoms with Gasteiger partial charge in [-0.25, -0.2) is 9.79 Å². The number of hydrogen-bond donors (Lipinski definition) is 3. The van der Waals surface area contributed by atoms with E-state index >= 15 is 0 Å². The van der Waals surface area contributed by atoms with Gasteiger partial charge >= 0.3 is 5.97 Å². The smallest absolute Gasteiger partial charge is 0.344 e. The molecular formula is C20H17NO5S. The van der Waals surface area contributed by atoms with Crippen molar-refractivity contribution in [1.82, 2.24) is 0 Å². The summed E-state index contributed by atoms with van der Waals surface area (Å²) in [7, 11) is 1.23. The van der Waals surface area contributed by atoms with Crippen molar-refractivity contribution < 1.29 is 24.9 Å². The number of aliphatic imine (C=N–C) groups is 1. The maximum absolute atomic E-state index is 12.2. The number of aliphatic hydroxyl groups is 1. The minimum absolute atomic E-state index is 0.0155. The Balaban J connectivity index is 2.05. The number of rotatable bonds is 3. The Hall–Kier alpha value is -3.19. The van der Waals surface area contributed by atoms with Crippen molar-refractivity contribution in [1.29, 1.82) is 0 Å². The van der Waals surface area contributed by atoms with Crippen LogP contribution in [-0.2, 0) is 9.53 Å². The molecule has 0 unspecified atom stereocenters. The lowest BCUT2D eigenvalue weighted by atomic mass is 10.1. The van der Waals surface area contributed by atoms with E-state index in [0.29, 0.717) is 21.2 Å². The Labute approximate surface area is 160 Å². The van der Waals surface area contributed by atoms with E-state index in [2.05, 4.69) is 4.99 Å². The molecule has 3 rings (SSSR count). The number of aliphatic hydroxyl groups excluding tert-OH is 1. The first-order chi connectivity index (χ1) is 12.9. The predicted molar refractivity (Wildman–Crippen MR) is 105 cm³/mol. The molecule has 6 nitrogen and oxygen atoms in total. The van der Waals surface area contributed by atoms with Gasteiger partial charge in [-0.3, -0.25) is 0 Å². The summed E-state index contributed by atoms with van der Waals surface area (Å²) in [5.41, 5.74) is 2.19. The molecule has 0 radical (unpaired) electrons. The van der Waals surface area contributed by atoms with Crippen LogP contribution in [0.5, 0.6) is 11.5 Å². The molecular weight excluding hydrogens is 366 g/mol. The lowest BCUT2D eigenvalue weighted by molar-refractivity contribution is -0.135. The first kappa shape index (κ1) is 18.6. The number of hydrogen-bond acceptors (Lipinski definition) is 7. The average Bonchev–Trinajstić information content (AvgIpc) is 2.93. The number of phenols is 2. The number of aryl methyl sites for hydroxylation is 1. The van der Waals surface area contributed by atoms with Crippen molar-refractivity contribution in [2.45, 2.75) is 6.92 Å². The van der Waals surface area contributed by atoms with Crippen LogP contribution in [0.2, 0.25) is 0 Å². The van der Waals surface area contributed by atoms with Crippen molar-refractivity contribution in [3.05, 3.63) is 69.8 Å². The van der Waals surface area contributed by atoms with Crippen molar-refractivity contribution in [2.75, 3.05) is 7.11 Å². The van der Waals surface area contributed by atoms with E-state index in [4.69, 9.17) is 4.74 Å². The van der Waals surface area contributed by atoms with Crippen molar-refractivity contribution >= 4 is 34.5 Å². The predicted octanol–water partition coefficient (Wildman–Crippen LogP) is 4.21. The topological polar surface area (TPSA) is 99.4 Å². The second-order valence-electron chi connectivity index (χ2n) is 5.83. The zero-order valence-corrected chi connectivity index (χ0v) is 15.4. The molecule has 27 heavy (non-hydrogen) atoms. The van der Waals surface area contributed by atoms with Gasteiger partial charge in [0.1, 0.15) is 16.4 Å². The fourth-order valence-electron chi connectivity index (χ4n) is 2.49. The van der Waals surface area contributed by atoms with Gasteiger partial charge in [-0.05, 0) is 48.4 Å². The molecule has 3 N–H and O–H groups in total. The summed E-state index contributed by atoms with van der Waals surface area (Å²) in [5.74, 6) is -1.46. The minimum atomic E-state index is -0.691. The third-order valence-electron chi connectivity index (χ3n) is 3.81. The molecule has 2 aromatic carbocycles. The quantitative estimate of drug-likeness (QED) is 0.542. The van der Waals surface area contributed by atoms with Gasteiger partial charge in [0, 0.05) is 0 Å². The highest BCUT2D eigenvalue weighted by Crippen LogP contribution is 2.40. The van der Waals surface area contributed by atoms with Gasteiger partial charge in [-0.15, -0.1) is 0 Å². The molecule has 0 atom stereocenters. The number of carbonyl (C=O) groups excluding carboxylic acids is 1. The lowest BCUT2D eigenvalue weighted by Crippen LogP contribution is -2.10. The fraction of sp³-hybridized carbons (Fsp3) is 0.100. The third kappa shape index (κ3) is 3.98. The number of ether oxygens (including phenoxy) is 1. The van der Waals surface area contributed by atoms with Crippen LogP contribution in [-0.4, -0.2) is 33.4 Å². The summed E-state index contributed by atoms with van der Waals surface area (Å²) in [6, 6.07) is 11.7. The molecule has 0 amide bonds. The van der Waals surface area contributed by atoms with Gasteiger partial charge < -0.3 is 20.1 Å². The van der Waals surface area contributed by atoms with Gasteiger partial charge in [0.05, 0.1) is 17.7 Å². The largest absolute Gasteiger partial charge is 0.506 e. The molecule has 138 valence electrons. The van der Waals surface area contributed by atoms with Crippen molar-refractivity contribution in [3.63, 3.8) is 0 Å². The minimum Gasteiger partial charge on any atom is -0.506 e. The molecule has 0 spiro atoms. The number of aromatic hydroxyl groups is 2. The van der Waals surface area contributed by atoms with E-state index in [0.717, 1.165) is 17.3 Å². The van der Waals surface area contributed by atoms with Crippen LogP contribution in [0.3, 0.4) is 0 Å². The molecule has 1 heterocycles. The number of phenolic OH excluding ortho intramolecular Hbond substituents is 2. The van der Waals surface area contributed by atoms with E-state index in [1.165, 1.54) is 19.2 Å². The summed E-state index contributed by atoms with van der Waals surface area (Å²) in [5, 5.41) is 29.9. The van der Waals surface area contributed by atoms with Crippen LogP contribution >= 0.6 is 11.8 Å². The standard InChI is InChI=1S/C20H17NO5S/c1-11-4-3-5-13(8-11)21-19-17(20(25)26-2)18(24)16(27-19)10-12-6-7-14(22)15(23)9-12/h3-10,22-24H,1-2H3/b16-10+,21-19?. The van der Waals surface area contributed by atoms with Crippen LogP contribution in [0.4, 0.5) is 5.69 Å². The second kappa shape index (κ2) is 7.59. The summed E-state index contributed by atoms with van der Waals surface area (Å²) in [4.78, 5) is 17.0. The molecule has 0 bridgehead atoms. The highest BCUT2D eigenvalue weighted by molar-refractivity contribution is 8.18. The Kier molecular flexibility index (Phi) is 5.23. The Morgan fingerprint density at radius 2 is 1.89 bits per heavy atom. The van der Waals surface area contributed by atoms with Crippen LogP contribution in [0.25, 0.3) is 6.08 Å². The lowest BCUT2D eigenvalue weighted by Gasteiger charge is -2.02. The molecule has 0 saturated heterocycles. The number of methoxy groups -OCH3 is 1. The molecule has 1 aliphatic rings. The SMILES string of the molecule is COC(=O)C1=C(O)/C(=C\c2ccc(O)c(O)c2)SC1=Nc1cccc(C)c1. The number of thioether (sulfide) groups is 1. The van der Waals surface area contributed by atoms with Gasteiger partial charge in [-0.1, -0.05) is 30.0 Å². The van der Waals surface area contributed by atoms with Crippen LogP contribution in [0, 0.1) is 6.92 Å². The normalized spacial score (nSPS) is 17.0. The molecule has 1 aliphatic heterocycles. The highest BCUT2D eigenvalue weighted by Gasteiger charge is 2.33. The number of carbonyl (C=O) groups is 1. The van der Waals surface area contributed by atoms with Crippen molar-refractivity contribution in [3.8, 4) is 11.5 Å². The summed E-state index contributed by atoms with van der Waals surface area (Å²) >= 11 is 1.12. The number of benzene rings is 2. The Morgan fingerprint density at radius 1 is 1.11 bits per heavy atom. The third-order valence-corrected chi connectivity index (χ3v) is 4.83. The highest BCUT2D eigenvalue weighted by atomic mass is 32.2. The van der Waals surface area contributed by atoms with Crippen molar-refractivity contribution in [2.24, 2.45) is 4.99 Å². The first-order valence-corrected chi connectivity index (χ1v) is 8.80. The summed E-state index contributed by atoms with van der Waals surface area (Å²) < 4.78 is 4.78. The van der Waals surface area contributed by atoms with Gasteiger partial charge in [0.25, 0.3) is 0 Å². The van der Waals surface area contributed by atoms with E-state index in [1.807, 2.05) is 25.1 Å². The Bertz CT molecular complexity index is 1010. The molecule has 2 aromatic rings. The average molecular weight is 383 g/mol. The maximum Gasteiger partial charge on any atom is 0.344 e. The zero-order chi connectivity index (χ0) is 19.6. The van der Waals surface area contributed by atoms with E-state index < -0.39 is 5.97 Å². The molecule has 0 aromatic heterocycles. The van der Waals surface area contributed by atoms with E-state index in [9.17, 15) is 20.1 Å².